The lowest BCUT2D eigenvalue weighted by Crippen LogP contribution is -2.44. The number of carbonyl (C=O) groups excluding carboxylic acids is 2. The van der Waals surface area contributed by atoms with Gasteiger partial charge in [0.05, 0.1) is 5.92 Å². The van der Waals surface area contributed by atoms with Crippen LogP contribution in [-0.2, 0) is 16.1 Å². The summed E-state index contributed by atoms with van der Waals surface area (Å²) in [7, 11) is 0. The van der Waals surface area contributed by atoms with Crippen molar-refractivity contribution in [1.29, 1.82) is 0 Å². The van der Waals surface area contributed by atoms with Crippen molar-refractivity contribution in [3.63, 3.8) is 0 Å². The van der Waals surface area contributed by atoms with Crippen LogP contribution in [0.15, 0.2) is 22.7 Å². The highest BCUT2D eigenvalue weighted by atomic mass is 79.9. The molecular weight excluding hydrogens is 429 g/mol. The van der Waals surface area contributed by atoms with Crippen molar-refractivity contribution in [2.75, 3.05) is 26.2 Å². The van der Waals surface area contributed by atoms with Crippen molar-refractivity contribution in [2.24, 2.45) is 5.92 Å². The summed E-state index contributed by atoms with van der Waals surface area (Å²) in [5.41, 5.74) is 0.0820. The molecule has 8 heteroatoms. The Morgan fingerprint density at radius 3 is 2.68 bits per heavy atom. The van der Waals surface area contributed by atoms with Crippen LogP contribution in [0, 0.1) is 11.7 Å². The molecule has 0 saturated carbocycles. The van der Waals surface area contributed by atoms with Gasteiger partial charge in [0, 0.05) is 36.2 Å². The van der Waals surface area contributed by atoms with Crippen molar-refractivity contribution in [2.45, 2.75) is 45.8 Å². The standard InChI is InChI=1S/C20H29BrFN3O3/c1-20(2,3)28-19(27)24-9-8-23-18(26)15-5-4-10-25(13-15)12-14-6-7-16(21)11-17(14)22/h6-7,11,15H,4-5,8-10,12-13H2,1-3H3,(H,23,26)(H,24,27). The maximum Gasteiger partial charge on any atom is 0.407 e. The third-order valence-electron chi connectivity index (χ3n) is 4.38. The molecule has 2 N–H and O–H groups in total. The van der Waals surface area contributed by atoms with E-state index in [-0.39, 0.29) is 17.6 Å². The molecule has 0 aliphatic carbocycles. The molecule has 2 rings (SSSR count). The van der Waals surface area contributed by atoms with Crippen LogP contribution >= 0.6 is 15.9 Å². The Bertz CT molecular complexity index is 694. The first-order valence-electron chi connectivity index (χ1n) is 9.55. The number of nitrogens with one attached hydrogen (secondary N) is 2. The zero-order valence-electron chi connectivity index (χ0n) is 16.7. The van der Waals surface area contributed by atoms with E-state index in [2.05, 4.69) is 31.5 Å². The zero-order chi connectivity index (χ0) is 20.7. The molecule has 1 aliphatic heterocycles. The number of piperidine rings is 1. The van der Waals surface area contributed by atoms with E-state index in [4.69, 9.17) is 4.74 Å². The molecule has 1 aliphatic rings. The molecule has 0 radical (unpaired) electrons. The number of likely N-dealkylation sites (tertiary alicyclic amines) is 1. The van der Waals surface area contributed by atoms with Crippen LogP contribution in [0.25, 0.3) is 0 Å². The lowest BCUT2D eigenvalue weighted by molar-refractivity contribution is -0.126. The molecule has 1 saturated heterocycles. The van der Waals surface area contributed by atoms with Gasteiger partial charge in [-0.2, -0.15) is 0 Å². The number of amides is 2. The van der Waals surface area contributed by atoms with Crippen LogP contribution in [0.4, 0.5) is 9.18 Å². The Morgan fingerprint density at radius 2 is 2.00 bits per heavy atom. The molecule has 0 bridgehead atoms. The largest absolute Gasteiger partial charge is 0.444 e. The van der Waals surface area contributed by atoms with Crippen LogP contribution < -0.4 is 10.6 Å². The second-order valence-electron chi connectivity index (χ2n) is 8.03. The molecule has 28 heavy (non-hydrogen) atoms. The summed E-state index contributed by atoms with van der Waals surface area (Å²) >= 11 is 3.26. The molecule has 1 aromatic rings. The minimum Gasteiger partial charge on any atom is -0.444 e. The monoisotopic (exact) mass is 457 g/mol. The molecule has 1 atom stereocenters. The predicted molar refractivity (Wildman–Crippen MR) is 109 cm³/mol. The summed E-state index contributed by atoms with van der Waals surface area (Å²) in [6.45, 7) is 7.97. The Morgan fingerprint density at radius 1 is 1.29 bits per heavy atom. The number of carbonyl (C=O) groups is 2. The van der Waals surface area contributed by atoms with E-state index in [0.717, 1.165) is 19.4 Å². The fourth-order valence-electron chi connectivity index (χ4n) is 3.11. The summed E-state index contributed by atoms with van der Waals surface area (Å²) in [4.78, 5) is 26.1. The molecule has 0 aromatic heterocycles. The van der Waals surface area contributed by atoms with Gasteiger partial charge in [0.25, 0.3) is 0 Å². The lowest BCUT2D eigenvalue weighted by atomic mass is 9.96. The van der Waals surface area contributed by atoms with Crippen molar-refractivity contribution >= 4 is 27.9 Å². The normalized spacial score (nSPS) is 17.8. The van der Waals surface area contributed by atoms with Crippen LogP contribution in [-0.4, -0.2) is 48.7 Å². The molecule has 6 nitrogen and oxygen atoms in total. The lowest BCUT2D eigenvalue weighted by Gasteiger charge is -2.32. The smallest absolute Gasteiger partial charge is 0.407 e. The quantitative estimate of drug-likeness (QED) is 0.641. The van der Waals surface area contributed by atoms with Crippen LogP contribution in [0.3, 0.4) is 0 Å². The fourth-order valence-corrected chi connectivity index (χ4v) is 3.45. The maximum absolute atomic E-state index is 14.1. The minimum atomic E-state index is -0.548. The first-order valence-corrected chi connectivity index (χ1v) is 10.3. The van der Waals surface area contributed by atoms with Gasteiger partial charge in [0.1, 0.15) is 11.4 Å². The Balaban J connectivity index is 1.74. The molecule has 156 valence electrons. The number of rotatable bonds is 6. The van der Waals surface area contributed by atoms with Crippen LogP contribution in [0.1, 0.15) is 39.2 Å². The van der Waals surface area contributed by atoms with Gasteiger partial charge in [-0.3, -0.25) is 9.69 Å². The van der Waals surface area contributed by atoms with E-state index in [1.54, 1.807) is 26.8 Å². The van der Waals surface area contributed by atoms with Gasteiger partial charge in [-0.15, -0.1) is 0 Å². The molecule has 1 heterocycles. The SMILES string of the molecule is CC(C)(C)OC(=O)NCCNC(=O)C1CCCN(Cc2ccc(Br)cc2F)C1. The van der Waals surface area contributed by atoms with E-state index in [0.29, 0.717) is 36.2 Å². The summed E-state index contributed by atoms with van der Waals surface area (Å²) in [6.07, 6.45) is 1.21. The van der Waals surface area contributed by atoms with Crippen LogP contribution in [0.2, 0.25) is 0 Å². The number of nitrogens with zero attached hydrogens (tertiary/aromatic N) is 1. The number of halogens is 2. The highest BCUT2D eigenvalue weighted by Crippen LogP contribution is 2.21. The number of hydrogen-bond donors (Lipinski definition) is 2. The molecule has 1 unspecified atom stereocenters. The fraction of sp³-hybridized carbons (Fsp3) is 0.600. The predicted octanol–water partition coefficient (Wildman–Crippen LogP) is 3.44. The van der Waals surface area contributed by atoms with Crippen LogP contribution in [0.5, 0.6) is 0 Å². The minimum absolute atomic E-state index is 0.0352. The van der Waals surface area contributed by atoms with E-state index < -0.39 is 11.7 Å². The van der Waals surface area contributed by atoms with Gasteiger partial charge >= 0.3 is 6.09 Å². The van der Waals surface area contributed by atoms with Crippen molar-refractivity contribution < 1.29 is 18.7 Å². The maximum atomic E-state index is 14.1. The topological polar surface area (TPSA) is 70.7 Å². The van der Waals surface area contributed by atoms with E-state index in [1.807, 2.05) is 6.07 Å². The summed E-state index contributed by atoms with van der Waals surface area (Å²) in [5, 5.41) is 5.48. The third-order valence-corrected chi connectivity index (χ3v) is 4.87. The first kappa shape index (κ1) is 22.6. The Labute approximate surface area is 174 Å². The van der Waals surface area contributed by atoms with Gasteiger partial charge in [0.15, 0.2) is 0 Å². The number of ether oxygens (including phenoxy) is 1. The van der Waals surface area contributed by atoms with E-state index in [9.17, 15) is 14.0 Å². The highest BCUT2D eigenvalue weighted by molar-refractivity contribution is 9.10. The van der Waals surface area contributed by atoms with E-state index >= 15 is 0 Å². The Kier molecular flexibility index (Phi) is 8.24. The molecule has 0 spiro atoms. The molecular formula is C20H29BrFN3O3. The average molecular weight is 458 g/mol. The number of alkyl carbamates (subject to hydrolysis) is 1. The first-order chi connectivity index (χ1) is 13.1. The van der Waals surface area contributed by atoms with Gasteiger partial charge in [-0.25, -0.2) is 9.18 Å². The second-order valence-corrected chi connectivity index (χ2v) is 8.95. The molecule has 1 fully saturated rings. The summed E-state index contributed by atoms with van der Waals surface area (Å²) in [5.74, 6) is -0.407. The van der Waals surface area contributed by atoms with Gasteiger partial charge in [-0.1, -0.05) is 22.0 Å². The van der Waals surface area contributed by atoms with Crippen molar-refractivity contribution in [1.82, 2.24) is 15.5 Å². The number of hydrogen-bond acceptors (Lipinski definition) is 4. The zero-order valence-corrected chi connectivity index (χ0v) is 18.3. The molecule has 1 aromatic carbocycles. The molecule has 2 amide bonds. The number of benzene rings is 1. The summed E-state index contributed by atoms with van der Waals surface area (Å²) < 4.78 is 19.9. The van der Waals surface area contributed by atoms with Crippen molar-refractivity contribution in [3.8, 4) is 0 Å². The van der Waals surface area contributed by atoms with E-state index in [1.165, 1.54) is 6.07 Å². The summed E-state index contributed by atoms with van der Waals surface area (Å²) in [6, 6.07) is 5.05. The van der Waals surface area contributed by atoms with Crippen molar-refractivity contribution in [3.05, 3.63) is 34.1 Å². The van der Waals surface area contributed by atoms with Gasteiger partial charge in [-0.05, 0) is 52.3 Å². The highest BCUT2D eigenvalue weighted by Gasteiger charge is 2.26. The third kappa shape index (κ3) is 7.75. The van der Waals surface area contributed by atoms with Gasteiger partial charge < -0.3 is 15.4 Å². The van der Waals surface area contributed by atoms with Gasteiger partial charge in [0.2, 0.25) is 5.91 Å². The average Bonchev–Trinajstić information content (AvgIpc) is 2.60. The Hall–Kier alpha value is -1.67. The second kappa shape index (κ2) is 10.2.